The van der Waals surface area contributed by atoms with Gasteiger partial charge >= 0.3 is 0 Å². The van der Waals surface area contributed by atoms with Crippen molar-refractivity contribution in [2.45, 2.75) is 39.7 Å². The van der Waals surface area contributed by atoms with Gasteiger partial charge in [-0.15, -0.1) is 0 Å². The fourth-order valence-corrected chi connectivity index (χ4v) is 2.96. The molecule has 2 nitrogen and oxygen atoms in total. The molecule has 0 amide bonds. The zero-order valence-corrected chi connectivity index (χ0v) is 12.9. The van der Waals surface area contributed by atoms with Gasteiger partial charge in [0.15, 0.2) is 4.77 Å². The third kappa shape index (κ3) is 2.84. The number of nitrogens with zero attached hydrogens (tertiary/aromatic N) is 1. The van der Waals surface area contributed by atoms with Gasteiger partial charge in [0, 0.05) is 12.1 Å². The molecule has 2 rings (SSSR count). The van der Waals surface area contributed by atoms with Crippen LogP contribution in [0.5, 0.6) is 0 Å². The van der Waals surface area contributed by atoms with E-state index in [0.29, 0.717) is 16.2 Å². The van der Waals surface area contributed by atoms with Crippen molar-refractivity contribution >= 4 is 34.9 Å². The smallest absolute Gasteiger partial charge is 0.178 e. The van der Waals surface area contributed by atoms with Crippen molar-refractivity contribution in [1.29, 1.82) is 0 Å². The SMILES string of the molecule is CCC(C)CC(C)n1c(=S)[nH]c2cc(F)c(Cl)cc21. The van der Waals surface area contributed by atoms with Gasteiger partial charge in [0.1, 0.15) is 5.82 Å². The number of H-pyrrole nitrogens is 1. The first-order valence-corrected chi connectivity index (χ1v) is 7.31. The summed E-state index contributed by atoms with van der Waals surface area (Å²) in [4.78, 5) is 3.05. The van der Waals surface area contributed by atoms with Crippen molar-refractivity contribution < 1.29 is 4.39 Å². The van der Waals surface area contributed by atoms with Gasteiger partial charge in [-0.25, -0.2) is 4.39 Å². The molecule has 5 heteroatoms. The van der Waals surface area contributed by atoms with E-state index in [9.17, 15) is 4.39 Å². The second-order valence-corrected chi connectivity index (χ2v) is 5.98. The van der Waals surface area contributed by atoms with Crippen molar-refractivity contribution in [2.24, 2.45) is 5.92 Å². The molecule has 0 bridgehead atoms. The van der Waals surface area contributed by atoms with Crippen LogP contribution >= 0.6 is 23.8 Å². The van der Waals surface area contributed by atoms with Gasteiger partial charge in [0.2, 0.25) is 0 Å². The lowest BCUT2D eigenvalue weighted by molar-refractivity contribution is 0.402. The maximum Gasteiger partial charge on any atom is 0.178 e. The lowest BCUT2D eigenvalue weighted by Gasteiger charge is -2.18. The average Bonchev–Trinajstić information content (AvgIpc) is 2.65. The summed E-state index contributed by atoms with van der Waals surface area (Å²) in [5, 5.41) is 0.131. The van der Waals surface area contributed by atoms with Gasteiger partial charge in [-0.05, 0) is 37.5 Å². The topological polar surface area (TPSA) is 20.7 Å². The molecule has 0 saturated heterocycles. The third-order valence-corrected chi connectivity index (χ3v) is 4.23. The molecule has 104 valence electrons. The van der Waals surface area contributed by atoms with Gasteiger partial charge in [-0.1, -0.05) is 31.9 Å². The predicted molar refractivity (Wildman–Crippen MR) is 80.9 cm³/mol. The van der Waals surface area contributed by atoms with Gasteiger partial charge in [-0.2, -0.15) is 0 Å². The molecule has 19 heavy (non-hydrogen) atoms. The number of fused-ring (bicyclic) bond motifs is 1. The number of benzene rings is 1. The van der Waals surface area contributed by atoms with E-state index in [4.69, 9.17) is 23.8 Å². The molecule has 0 aliphatic carbocycles. The molecule has 2 atom stereocenters. The van der Waals surface area contributed by atoms with Crippen LogP contribution in [0, 0.1) is 16.5 Å². The Morgan fingerprint density at radius 2 is 2.11 bits per heavy atom. The second kappa shape index (κ2) is 5.63. The molecule has 2 aromatic rings. The minimum Gasteiger partial charge on any atom is -0.330 e. The maximum absolute atomic E-state index is 13.5. The van der Waals surface area contributed by atoms with Crippen molar-refractivity contribution in [3.05, 3.63) is 27.7 Å². The highest BCUT2D eigenvalue weighted by molar-refractivity contribution is 7.71. The quantitative estimate of drug-likeness (QED) is 0.741. The highest BCUT2D eigenvalue weighted by Crippen LogP contribution is 2.28. The van der Waals surface area contributed by atoms with Gasteiger partial charge in [-0.3, -0.25) is 0 Å². The molecule has 0 radical (unpaired) electrons. The Kier molecular flexibility index (Phi) is 4.31. The molecule has 0 saturated carbocycles. The Balaban J connectivity index is 2.51. The number of nitrogens with one attached hydrogen (secondary N) is 1. The van der Waals surface area contributed by atoms with E-state index in [-0.39, 0.29) is 11.1 Å². The minimum absolute atomic E-state index is 0.131. The lowest BCUT2D eigenvalue weighted by atomic mass is 10.0. The van der Waals surface area contributed by atoms with Crippen LogP contribution in [-0.2, 0) is 0 Å². The van der Waals surface area contributed by atoms with Crippen molar-refractivity contribution in [3.63, 3.8) is 0 Å². The number of aromatic amines is 1. The summed E-state index contributed by atoms with van der Waals surface area (Å²) in [5.74, 6) is 0.199. The van der Waals surface area contributed by atoms with E-state index in [1.807, 2.05) is 4.57 Å². The third-order valence-electron chi connectivity index (χ3n) is 3.64. The summed E-state index contributed by atoms with van der Waals surface area (Å²) >= 11 is 11.2. The number of aromatic nitrogens is 2. The molecule has 1 aromatic carbocycles. The molecule has 0 aliphatic rings. The highest BCUT2D eigenvalue weighted by atomic mass is 35.5. The molecule has 2 unspecified atom stereocenters. The van der Waals surface area contributed by atoms with E-state index in [1.54, 1.807) is 6.07 Å². The summed E-state index contributed by atoms with van der Waals surface area (Å²) in [7, 11) is 0. The fraction of sp³-hybridized carbons (Fsp3) is 0.500. The maximum atomic E-state index is 13.5. The Morgan fingerprint density at radius 1 is 1.42 bits per heavy atom. The van der Waals surface area contributed by atoms with Crippen LogP contribution in [0.25, 0.3) is 11.0 Å². The summed E-state index contributed by atoms with van der Waals surface area (Å²) in [6, 6.07) is 3.31. The van der Waals surface area contributed by atoms with Crippen LogP contribution in [-0.4, -0.2) is 9.55 Å². The van der Waals surface area contributed by atoms with E-state index >= 15 is 0 Å². The summed E-state index contributed by atoms with van der Waals surface area (Å²) in [5.41, 5.74) is 1.56. The van der Waals surface area contributed by atoms with Crippen molar-refractivity contribution in [2.75, 3.05) is 0 Å². The van der Waals surface area contributed by atoms with Crippen LogP contribution in [0.3, 0.4) is 0 Å². The molecule has 1 heterocycles. The molecule has 0 spiro atoms. The van der Waals surface area contributed by atoms with E-state index in [0.717, 1.165) is 18.4 Å². The molecular formula is C14H18ClFN2S. The molecule has 1 N–H and O–H groups in total. The summed E-state index contributed by atoms with van der Waals surface area (Å²) < 4.78 is 16.1. The van der Waals surface area contributed by atoms with Gasteiger partial charge in [0.05, 0.1) is 16.1 Å². The monoisotopic (exact) mass is 300 g/mol. The average molecular weight is 301 g/mol. The summed E-state index contributed by atoms with van der Waals surface area (Å²) in [6.07, 6.45) is 2.17. The van der Waals surface area contributed by atoms with Gasteiger partial charge < -0.3 is 9.55 Å². The fourth-order valence-electron chi connectivity index (χ4n) is 2.41. The number of hydrogen-bond donors (Lipinski definition) is 1. The first kappa shape index (κ1) is 14.5. The molecule has 1 aromatic heterocycles. The summed E-state index contributed by atoms with van der Waals surface area (Å²) in [6.45, 7) is 6.53. The Hall–Kier alpha value is -0.870. The van der Waals surface area contributed by atoms with Crippen LogP contribution in [0.15, 0.2) is 12.1 Å². The minimum atomic E-state index is -0.424. The number of hydrogen-bond acceptors (Lipinski definition) is 1. The van der Waals surface area contributed by atoms with Crippen LogP contribution in [0.4, 0.5) is 4.39 Å². The molecule has 0 aliphatic heterocycles. The van der Waals surface area contributed by atoms with E-state index in [2.05, 4.69) is 25.8 Å². The van der Waals surface area contributed by atoms with E-state index < -0.39 is 5.82 Å². The second-order valence-electron chi connectivity index (χ2n) is 5.18. The lowest BCUT2D eigenvalue weighted by Crippen LogP contribution is -2.09. The van der Waals surface area contributed by atoms with Crippen LogP contribution in [0.1, 0.15) is 39.7 Å². The normalized spacial score (nSPS) is 14.8. The van der Waals surface area contributed by atoms with Gasteiger partial charge in [0.25, 0.3) is 0 Å². The Labute approximate surface area is 122 Å². The predicted octanol–water partition coefficient (Wildman–Crippen LogP) is 5.49. The van der Waals surface area contributed by atoms with Crippen LogP contribution in [0.2, 0.25) is 5.02 Å². The van der Waals surface area contributed by atoms with Crippen molar-refractivity contribution in [3.8, 4) is 0 Å². The first-order valence-electron chi connectivity index (χ1n) is 6.53. The molecule has 0 fully saturated rings. The van der Waals surface area contributed by atoms with E-state index in [1.165, 1.54) is 6.07 Å². The first-order chi connectivity index (χ1) is 8.93. The molecular weight excluding hydrogens is 283 g/mol. The highest BCUT2D eigenvalue weighted by Gasteiger charge is 2.15. The van der Waals surface area contributed by atoms with Crippen LogP contribution < -0.4 is 0 Å². The standard InChI is InChI=1S/C14H18ClFN2S/c1-4-8(2)5-9(3)18-13-6-10(15)11(16)7-12(13)17-14(18)19/h6-9H,4-5H2,1-3H3,(H,17,19). The number of rotatable bonds is 4. The van der Waals surface area contributed by atoms with Crippen molar-refractivity contribution in [1.82, 2.24) is 9.55 Å². The largest absolute Gasteiger partial charge is 0.330 e. The number of halogens is 2. The number of imidazole rings is 1. The Morgan fingerprint density at radius 3 is 2.74 bits per heavy atom. The zero-order valence-electron chi connectivity index (χ0n) is 11.3. The zero-order chi connectivity index (χ0) is 14.2. The Bertz CT molecular complexity index is 647.